The van der Waals surface area contributed by atoms with E-state index >= 15 is 0 Å². The average Bonchev–Trinajstić information content (AvgIpc) is 2.60. The summed E-state index contributed by atoms with van der Waals surface area (Å²) < 4.78 is 29.4. The Balaban J connectivity index is 1.57. The third-order valence-electron chi connectivity index (χ3n) is 3.70. The fraction of sp³-hybridized carbons (Fsp3) is 0.278. The summed E-state index contributed by atoms with van der Waals surface area (Å²) in [6, 6.07) is 9.33. The van der Waals surface area contributed by atoms with Gasteiger partial charge in [-0.1, -0.05) is 17.7 Å². The molecule has 0 aliphatic carbocycles. The molecule has 3 rings (SSSR count). The van der Waals surface area contributed by atoms with Gasteiger partial charge in [-0.3, -0.25) is 4.79 Å². The molecule has 0 saturated carbocycles. The van der Waals surface area contributed by atoms with E-state index < -0.39 is 5.82 Å². The van der Waals surface area contributed by atoms with Crippen LogP contribution in [0.1, 0.15) is 5.56 Å². The molecule has 0 radical (unpaired) electrons. The Kier molecular flexibility index (Phi) is 5.28. The van der Waals surface area contributed by atoms with Crippen LogP contribution in [-0.4, -0.2) is 37.7 Å². The van der Waals surface area contributed by atoms with Gasteiger partial charge in [0.1, 0.15) is 24.8 Å². The number of carbonyl (C=O) groups is 1. The summed E-state index contributed by atoms with van der Waals surface area (Å²) in [5.74, 6) is 0.969. The Morgan fingerprint density at radius 3 is 2.72 bits per heavy atom. The van der Waals surface area contributed by atoms with E-state index in [0.29, 0.717) is 31.3 Å². The molecule has 132 valence electrons. The molecule has 1 heterocycles. The molecule has 0 unspecified atom stereocenters. The molecule has 25 heavy (non-hydrogen) atoms. The first kappa shape index (κ1) is 17.4. The molecule has 1 aliphatic rings. The second kappa shape index (κ2) is 7.61. The Morgan fingerprint density at radius 1 is 1.20 bits per heavy atom. The van der Waals surface area contributed by atoms with Crippen LogP contribution >= 0.6 is 11.6 Å². The molecule has 0 saturated heterocycles. The highest BCUT2D eigenvalue weighted by Crippen LogP contribution is 2.31. The fourth-order valence-corrected chi connectivity index (χ4v) is 2.61. The first-order chi connectivity index (χ1) is 12.0. The zero-order valence-corrected chi connectivity index (χ0v) is 14.4. The van der Waals surface area contributed by atoms with Gasteiger partial charge in [-0.2, -0.15) is 0 Å². The summed E-state index contributed by atoms with van der Waals surface area (Å²) in [6.45, 7) is 1.26. The van der Waals surface area contributed by atoms with Crippen LogP contribution in [0.3, 0.4) is 0 Å². The van der Waals surface area contributed by atoms with Gasteiger partial charge in [0.05, 0.1) is 5.02 Å². The molecule has 1 aliphatic heterocycles. The number of hydrogen-bond acceptors (Lipinski definition) is 4. The summed E-state index contributed by atoms with van der Waals surface area (Å²) in [5, 5.41) is 0.127. The van der Waals surface area contributed by atoms with Crippen molar-refractivity contribution in [2.24, 2.45) is 0 Å². The van der Waals surface area contributed by atoms with E-state index in [0.717, 1.165) is 11.6 Å². The van der Waals surface area contributed by atoms with Crippen molar-refractivity contribution in [3.8, 4) is 17.2 Å². The number of rotatable bonds is 5. The number of nitrogens with zero attached hydrogens (tertiary/aromatic N) is 1. The number of likely N-dealkylation sites (N-methyl/N-ethyl adjacent to an activating group) is 1. The van der Waals surface area contributed by atoms with Crippen LogP contribution in [0.25, 0.3) is 0 Å². The number of carbonyl (C=O) groups excluding carboxylic acids is 1. The number of hydrogen-bond donors (Lipinski definition) is 0. The lowest BCUT2D eigenvalue weighted by atomic mass is 10.2. The van der Waals surface area contributed by atoms with Gasteiger partial charge in [-0.05, 0) is 35.9 Å². The first-order valence-electron chi connectivity index (χ1n) is 7.73. The van der Waals surface area contributed by atoms with Crippen LogP contribution in [-0.2, 0) is 11.3 Å². The number of benzene rings is 2. The molecule has 0 N–H and O–H groups in total. The molecule has 0 bridgehead atoms. The highest BCUT2D eigenvalue weighted by molar-refractivity contribution is 6.32. The van der Waals surface area contributed by atoms with Gasteiger partial charge in [-0.25, -0.2) is 4.39 Å². The van der Waals surface area contributed by atoms with E-state index in [4.69, 9.17) is 25.8 Å². The highest BCUT2D eigenvalue weighted by Gasteiger charge is 2.15. The van der Waals surface area contributed by atoms with Crippen LogP contribution in [0.15, 0.2) is 36.4 Å². The van der Waals surface area contributed by atoms with E-state index in [2.05, 4.69) is 0 Å². The monoisotopic (exact) mass is 365 g/mol. The molecule has 0 fully saturated rings. The van der Waals surface area contributed by atoms with Crippen molar-refractivity contribution in [2.75, 3.05) is 26.9 Å². The quantitative estimate of drug-likeness (QED) is 0.815. The summed E-state index contributed by atoms with van der Waals surface area (Å²) in [6.07, 6.45) is 0. The molecular formula is C18H17ClFNO4. The molecule has 2 aromatic rings. The standard InChI is InChI=1S/C18H17ClFNO4/c1-21(10-12-2-4-16-17(8-12)24-7-6-23-16)18(22)11-25-15-5-3-13(20)9-14(15)19/h2-5,8-9H,6-7,10-11H2,1H3. The SMILES string of the molecule is CN(Cc1ccc2c(c1)OCCO2)C(=O)COc1ccc(F)cc1Cl. The molecule has 0 aromatic heterocycles. The minimum absolute atomic E-state index is 0.127. The third kappa shape index (κ3) is 4.33. The van der Waals surface area contributed by atoms with Crippen LogP contribution in [0.2, 0.25) is 5.02 Å². The number of ether oxygens (including phenoxy) is 3. The van der Waals surface area contributed by atoms with Crippen molar-refractivity contribution >= 4 is 17.5 Å². The van der Waals surface area contributed by atoms with E-state index in [1.165, 1.54) is 17.0 Å². The van der Waals surface area contributed by atoms with Crippen molar-refractivity contribution in [1.29, 1.82) is 0 Å². The largest absolute Gasteiger partial charge is 0.486 e. The number of fused-ring (bicyclic) bond motifs is 1. The summed E-state index contributed by atoms with van der Waals surface area (Å²) in [4.78, 5) is 13.7. The van der Waals surface area contributed by atoms with Crippen molar-refractivity contribution < 1.29 is 23.4 Å². The Bertz CT molecular complexity index is 784. The zero-order valence-electron chi connectivity index (χ0n) is 13.6. The highest BCUT2D eigenvalue weighted by atomic mass is 35.5. The van der Waals surface area contributed by atoms with Crippen LogP contribution in [0.5, 0.6) is 17.2 Å². The topological polar surface area (TPSA) is 48.0 Å². The zero-order chi connectivity index (χ0) is 17.8. The Labute approximate surface area is 149 Å². The Morgan fingerprint density at radius 2 is 1.96 bits per heavy atom. The minimum Gasteiger partial charge on any atom is -0.486 e. The second-order valence-electron chi connectivity index (χ2n) is 5.59. The average molecular weight is 366 g/mol. The lowest BCUT2D eigenvalue weighted by molar-refractivity contribution is -0.132. The van der Waals surface area contributed by atoms with Crippen molar-refractivity contribution in [3.05, 3.63) is 52.8 Å². The summed E-state index contributed by atoms with van der Waals surface area (Å²) >= 11 is 5.87. The van der Waals surface area contributed by atoms with E-state index in [1.807, 2.05) is 18.2 Å². The number of amides is 1. The molecule has 0 spiro atoms. The molecule has 2 aromatic carbocycles. The van der Waals surface area contributed by atoms with E-state index in [1.54, 1.807) is 7.05 Å². The van der Waals surface area contributed by atoms with Crippen molar-refractivity contribution in [3.63, 3.8) is 0 Å². The molecule has 0 atom stereocenters. The van der Waals surface area contributed by atoms with Crippen molar-refractivity contribution in [1.82, 2.24) is 4.90 Å². The van der Waals surface area contributed by atoms with Gasteiger partial charge >= 0.3 is 0 Å². The summed E-state index contributed by atoms with van der Waals surface area (Å²) in [7, 11) is 1.68. The van der Waals surface area contributed by atoms with Gasteiger partial charge in [0, 0.05) is 13.6 Å². The maximum atomic E-state index is 13.0. The second-order valence-corrected chi connectivity index (χ2v) is 6.00. The minimum atomic E-state index is -0.459. The smallest absolute Gasteiger partial charge is 0.260 e. The van der Waals surface area contributed by atoms with Gasteiger partial charge in [0.2, 0.25) is 0 Å². The molecule has 7 heteroatoms. The van der Waals surface area contributed by atoms with Crippen LogP contribution < -0.4 is 14.2 Å². The molecule has 1 amide bonds. The van der Waals surface area contributed by atoms with Gasteiger partial charge < -0.3 is 19.1 Å². The summed E-state index contributed by atoms with van der Waals surface area (Å²) in [5.41, 5.74) is 0.917. The van der Waals surface area contributed by atoms with E-state index in [9.17, 15) is 9.18 Å². The van der Waals surface area contributed by atoms with Crippen LogP contribution in [0.4, 0.5) is 4.39 Å². The first-order valence-corrected chi connectivity index (χ1v) is 8.11. The number of halogens is 2. The normalized spacial score (nSPS) is 12.6. The Hall–Kier alpha value is -2.47. The van der Waals surface area contributed by atoms with E-state index in [-0.39, 0.29) is 23.3 Å². The van der Waals surface area contributed by atoms with Gasteiger partial charge in [0.15, 0.2) is 18.1 Å². The predicted molar refractivity (Wildman–Crippen MR) is 90.8 cm³/mol. The fourth-order valence-electron chi connectivity index (χ4n) is 2.39. The van der Waals surface area contributed by atoms with Crippen molar-refractivity contribution in [2.45, 2.75) is 6.54 Å². The lowest BCUT2D eigenvalue weighted by Gasteiger charge is -2.21. The van der Waals surface area contributed by atoms with Gasteiger partial charge in [-0.15, -0.1) is 0 Å². The molecular weight excluding hydrogens is 349 g/mol. The van der Waals surface area contributed by atoms with Crippen LogP contribution in [0, 0.1) is 5.82 Å². The lowest BCUT2D eigenvalue weighted by Crippen LogP contribution is -2.31. The predicted octanol–water partition coefficient (Wildman–Crippen LogP) is 3.29. The molecule has 5 nitrogen and oxygen atoms in total. The maximum absolute atomic E-state index is 13.0. The third-order valence-corrected chi connectivity index (χ3v) is 3.99. The maximum Gasteiger partial charge on any atom is 0.260 e. The van der Waals surface area contributed by atoms with Gasteiger partial charge in [0.25, 0.3) is 5.91 Å².